The van der Waals surface area contributed by atoms with Crippen molar-refractivity contribution in [2.45, 2.75) is 26.3 Å². The maximum Gasteiger partial charge on any atom is 0.119 e. The number of para-hydroxylation sites is 1. The van der Waals surface area contributed by atoms with Crippen LogP contribution in [0.25, 0.3) is 0 Å². The summed E-state index contributed by atoms with van der Waals surface area (Å²) in [5, 5.41) is 3.49. The highest BCUT2D eigenvalue weighted by Gasteiger charge is 2.04. The smallest absolute Gasteiger partial charge is 0.119 e. The topological polar surface area (TPSA) is 21.3 Å². The second kappa shape index (κ2) is 7.31. The van der Waals surface area contributed by atoms with Gasteiger partial charge in [0.15, 0.2) is 0 Å². The standard InChI is InChI=1S/C16H21NOS/c1-13(12-16-9-8-14(2)19-16)17-10-11-18-15-6-4-3-5-7-15/h3-9,13,17H,10-12H2,1-2H3. The van der Waals surface area contributed by atoms with Crippen molar-refractivity contribution < 1.29 is 4.74 Å². The number of nitrogens with one attached hydrogen (secondary N) is 1. The van der Waals surface area contributed by atoms with Gasteiger partial charge >= 0.3 is 0 Å². The van der Waals surface area contributed by atoms with E-state index in [1.54, 1.807) is 0 Å². The minimum absolute atomic E-state index is 0.484. The molecule has 1 atom stereocenters. The SMILES string of the molecule is Cc1ccc(CC(C)NCCOc2ccccc2)s1. The van der Waals surface area contributed by atoms with Gasteiger partial charge in [0, 0.05) is 22.3 Å². The number of hydrogen-bond acceptors (Lipinski definition) is 3. The molecule has 2 rings (SSSR count). The normalized spacial score (nSPS) is 12.3. The number of thiophene rings is 1. The van der Waals surface area contributed by atoms with Gasteiger partial charge in [0.05, 0.1) is 0 Å². The molecule has 2 nitrogen and oxygen atoms in total. The summed E-state index contributed by atoms with van der Waals surface area (Å²) < 4.78 is 5.65. The third-order valence-corrected chi connectivity index (χ3v) is 3.93. The second-order valence-corrected chi connectivity index (χ2v) is 6.11. The van der Waals surface area contributed by atoms with Crippen LogP contribution in [-0.2, 0) is 6.42 Å². The van der Waals surface area contributed by atoms with Gasteiger partial charge in [-0.2, -0.15) is 0 Å². The summed E-state index contributed by atoms with van der Waals surface area (Å²) in [6.07, 6.45) is 1.09. The molecular formula is C16H21NOS. The van der Waals surface area contributed by atoms with Crippen molar-refractivity contribution in [1.82, 2.24) is 5.32 Å². The fraction of sp³-hybridized carbons (Fsp3) is 0.375. The van der Waals surface area contributed by atoms with Crippen LogP contribution in [0.1, 0.15) is 16.7 Å². The van der Waals surface area contributed by atoms with Crippen molar-refractivity contribution in [3.05, 3.63) is 52.2 Å². The van der Waals surface area contributed by atoms with Crippen LogP contribution >= 0.6 is 11.3 Å². The first-order chi connectivity index (χ1) is 9.24. The van der Waals surface area contributed by atoms with Crippen LogP contribution in [0.5, 0.6) is 5.75 Å². The van der Waals surface area contributed by atoms with Crippen LogP contribution < -0.4 is 10.1 Å². The van der Waals surface area contributed by atoms with Crippen LogP contribution in [0, 0.1) is 6.92 Å². The lowest BCUT2D eigenvalue weighted by atomic mass is 10.2. The second-order valence-electron chi connectivity index (χ2n) is 4.73. The van der Waals surface area contributed by atoms with Crippen molar-refractivity contribution in [3.8, 4) is 5.75 Å². The molecule has 1 aromatic carbocycles. The molecule has 3 heteroatoms. The Balaban J connectivity index is 1.63. The van der Waals surface area contributed by atoms with E-state index in [-0.39, 0.29) is 0 Å². The molecule has 0 aliphatic heterocycles. The first-order valence-corrected chi connectivity index (χ1v) is 7.52. The summed E-state index contributed by atoms with van der Waals surface area (Å²) in [6.45, 7) is 5.95. The zero-order chi connectivity index (χ0) is 13.5. The molecule has 0 aliphatic rings. The molecule has 1 aromatic heterocycles. The molecule has 1 unspecified atom stereocenters. The third kappa shape index (κ3) is 5.05. The van der Waals surface area contributed by atoms with Crippen LogP contribution in [0.3, 0.4) is 0 Å². The Morgan fingerprint density at radius 1 is 1.16 bits per heavy atom. The van der Waals surface area contributed by atoms with Gasteiger partial charge in [0.1, 0.15) is 12.4 Å². The highest BCUT2D eigenvalue weighted by atomic mass is 32.1. The molecule has 0 radical (unpaired) electrons. The maximum absolute atomic E-state index is 5.65. The Labute approximate surface area is 119 Å². The molecular weight excluding hydrogens is 254 g/mol. The average molecular weight is 275 g/mol. The van der Waals surface area contributed by atoms with Crippen molar-refractivity contribution in [2.24, 2.45) is 0 Å². The van der Waals surface area contributed by atoms with Gasteiger partial charge in [-0.3, -0.25) is 0 Å². The van der Waals surface area contributed by atoms with Crippen molar-refractivity contribution >= 4 is 11.3 Å². The number of benzene rings is 1. The molecule has 0 spiro atoms. The number of rotatable bonds is 7. The number of ether oxygens (including phenoxy) is 1. The fourth-order valence-electron chi connectivity index (χ4n) is 1.96. The highest BCUT2D eigenvalue weighted by molar-refractivity contribution is 7.11. The summed E-state index contributed by atoms with van der Waals surface area (Å²) in [6, 6.07) is 14.8. The van der Waals surface area contributed by atoms with E-state index in [0.717, 1.165) is 18.7 Å². The maximum atomic E-state index is 5.65. The molecule has 0 aliphatic carbocycles. The minimum Gasteiger partial charge on any atom is -0.492 e. The van der Waals surface area contributed by atoms with Gasteiger partial charge in [0.25, 0.3) is 0 Å². The molecule has 0 bridgehead atoms. The van der Waals surface area contributed by atoms with Gasteiger partial charge in [0.2, 0.25) is 0 Å². The van der Waals surface area contributed by atoms with Crippen LogP contribution in [0.2, 0.25) is 0 Å². The Hall–Kier alpha value is -1.32. The van der Waals surface area contributed by atoms with Gasteiger partial charge in [-0.05, 0) is 44.5 Å². The predicted molar refractivity (Wildman–Crippen MR) is 82.2 cm³/mol. The summed E-state index contributed by atoms with van der Waals surface area (Å²) in [5.74, 6) is 0.936. The van der Waals surface area contributed by atoms with Crippen molar-refractivity contribution in [3.63, 3.8) is 0 Å². The Kier molecular flexibility index (Phi) is 5.43. The summed E-state index contributed by atoms with van der Waals surface area (Å²) in [5.41, 5.74) is 0. The number of hydrogen-bond donors (Lipinski definition) is 1. The van der Waals surface area contributed by atoms with Crippen LogP contribution in [0.15, 0.2) is 42.5 Å². The zero-order valence-electron chi connectivity index (χ0n) is 11.6. The van der Waals surface area contributed by atoms with E-state index in [4.69, 9.17) is 4.74 Å². The first kappa shape index (κ1) is 14.1. The van der Waals surface area contributed by atoms with E-state index in [1.807, 2.05) is 41.7 Å². The van der Waals surface area contributed by atoms with Crippen LogP contribution in [-0.4, -0.2) is 19.2 Å². The van der Waals surface area contributed by atoms with Crippen molar-refractivity contribution in [1.29, 1.82) is 0 Å². The van der Waals surface area contributed by atoms with E-state index >= 15 is 0 Å². The summed E-state index contributed by atoms with van der Waals surface area (Å²) in [7, 11) is 0. The van der Waals surface area contributed by atoms with E-state index in [9.17, 15) is 0 Å². The van der Waals surface area contributed by atoms with Crippen LogP contribution in [0.4, 0.5) is 0 Å². The average Bonchev–Trinajstić information content (AvgIpc) is 2.81. The third-order valence-electron chi connectivity index (χ3n) is 2.91. The summed E-state index contributed by atoms with van der Waals surface area (Å²) in [4.78, 5) is 2.83. The summed E-state index contributed by atoms with van der Waals surface area (Å²) >= 11 is 1.88. The monoisotopic (exact) mass is 275 g/mol. The molecule has 2 aromatic rings. The molecule has 0 saturated heterocycles. The lowest BCUT2D eigenvalue weighted by Crippen LogP contribution is -2.31. The van der Waals surface area contributed by atoms with E-state index in [0.29, 0.717) is 12.6 Å². The van der Waals surface area contributed by atoms with E-state index in [1.165, 1.54) is 9.75 Å². The lowest BCUT2D eigenvalue weighted by Gasteiger charge is -2.13. The fourth-order valence-corrected chi connectivity index (χ4v) is 2.98. The lowest BCUT2D eigenvalue weighted by molar-refractivity contribution is 0.307. The van der Waals surface area contributed by atoms with E-state index < -0.39 is 0 Å². The first-order valence-electron chi connectivity index (χ1n) is 6.70. The molecule has 0 saturated carbocycles. The Morgan fingerprint density at radius 3 is 2.63 bits per heavy atom. The number of aryl methyl sites for hydroxylation is 1. The molecule has 1 heterocycles. The quantitative estimate of drug-likeness (QED) is 0.779. The largest absolute Gasteiger partial charge is 0.492 e. The molecule has 1 N–H and O–H groups in total. The predicted octanol–water partition coefficient (Wildman–Crippen LogP) is 3.66. The van der Waals surface area contributed by atoms with Crippen molar-refractivity contribution in [2.75, 3.05) is 13.2 Å². The molecule has 19 heavy (non-hydrogen) atoms. The molecule has 0 fully saturated rings. The Bertz CT molecular complexity index is 481. The molecule has 0 amide bonds. The zero-order valence-corrected chi connectivity index (χ0v) is 12.4. The Morgan fingerprint density at radius 2 is 1.95 bits per heavy atom. The van der Waals surface area contributed by atoms with Gasteiger partial charge in [-0.25, -0.2) is 0 Å². The molecule has 102 valence electrons. The minimum atomic E-state index is 0.484. The van der Waals surface area contributed by atoms with Gasteiger partial charge < -0.3 is 10.1 Å². The van der Waals surface area contributed by atoms with E-state index in [2.05, 4.69) is 31.3 Å². The highest BCUT2D eigenvalue weighted by Crippen LogP contribution is 2.16. The van der Waals surface area contributed by atoms with Gasteiger partial charge in [-0.15, -0.1) is 11.3 Å². The van der Waals surface area contributed by atoms with Gasteiger partial charge in [-0.1, -0.05) is 18.2 Å².